The Bertz CT molecular complexity index is 606. The molecule has 0 saturated heterocycles. The monoisotopic (exact) mass is 365 g/mol. The lowest BCUT2D eigenvalue weighted by molar-refractivity contribution is 0.301. The maximum Gasteiger partial charge on any atom is 0.122 e. The first kappa shape index (κ1) is 15.1. The first-order chi connectivity index (χ1) is 10.2. The van der Waals surface area contributed by atoms with E-state index in [0.29, 0.717) is 12.0 Å². The number of aryl methyl sites for hydroxylation is 1. The molecule has 1 N–H and O–H groups in total. The van der Waals surface area contributed by atoms with E-state index in [2.05, 4.69) is 59.4 Å². The second kappa shape index (κ2) is 6.51. The third kappa shape index (κ3) is 3.03. The molecule has 2 atom stereocenters. The van der Waals surface area contributed by atoms with E-state index >= 15 is 0 Å². The van der Waals surface area contributed by atoms with E-state index in [9.17, 15) is 0 Å². The molecule has 2 heterocycles. The smallest absolute Gasteiger partial charge is 0.122 e. The van der Waals surface area contributed by atoms with E-state index in [-0.39, 0.29) is 0 Å². The molecule has 0 fully saturated rings. The summed E-state index contributed by atoms with van der Waals surface area (Å²) in [5.74, 6) is 1.43. The Labute approximate surface area is 138 Å². The molecule has 1 aliphatic heterocycles. The minimum absolute atomic E-state index is 0.323. The van der Waals surface area contributed by atoms with E-state index in [0.717, 1.165) is 25.3 Å². The summed E-state index contributed by atoms with van der Waals surface area (Å²) in [5.41, 5.74) is 1.33. The average Bonchev–Trinajstić information content (AvgIpc) is 3.05. The molecule has 0 aliphatic carbocycles. The van der Waals surface area contributed by atoms with E-state index < -0.39 is 0 Å². The number of benzene rings is 1. The van der Waals surface area contributed by atoms with Gasteiger partial charge in [-0.15, -0.1) is 11.3 Å². The van der Waals surface area contributed by atoms with Crippen LogP contribution in [0.5, 0.6) is 5.75 Å². The maximum absolute atomic E-state index is 5.88. The number of hydrogen-bond donors (Lipinski definition) is 1. The van der Waals surface area contributed by atoms with Gasteiger partial charge in [0.2, 0.25) is 0 Å². The fraction of sp³-hybridized carbons (Fsp3) is 0.412. The molecule has 1 aromatic heterocycles. The van der Waals surface area contributed by atoms with Gasteiger partial charge >= 0.3 is 0 Å². The van der Waals surface area contributed by atoms with Crippen LogP contribution < -0.4 is 10.1 Å². The lowest BCUT2D eigenvalue weighted by atomic mass is 9.92. The van der Waals surface area contributed by atoms with Gasteiger partial charge in [0.15, 0.2) is 0 Å². The van der Waals surface area contributed by atoms with Crippen molar-refractivity contribution in [2.75, 3.05) is 13.2 Å². The lowest BCUT2D eigenvalue weighted by Crippen LogP contribution is -2.28. The van der Waals surface area contributed by atoms with Gasteiger partial charge in [-0.3, -0.25) is 0 Å². The Balaban J connectivity index is 1.93. The summed E-state index contributed by atoms with van der Waals surface area (Å²) in [6.45, 7) is 6.15. The van der Waals surface area contributed by atoms with Crippen LogP contribution in [0.2, 0.25) is 0 Å². The van der Waals surface area contributed by atoms with Crippen molar-refractivity contribution in [3.63, 3.8) is 0 Å². The van der Waals surface area contributed by atoms with Gasteiger partial charge in [-0.05, 0) is 48.0 Å². The second-order valence-electron chi connectivity index (χ2n) is 5.44. The van der Waals surface area contributed by atoms with Crippen LogP contribution in [0.25, 0.3) is 0 Å². The minimum atomic E-state index is 0.323. The van der Waals surface area contributed by atoms with Crippen LogP contribution in [-0.2, 0) is 0 Å². The van der Waals surface area contributed by atoms with Gasteiger partial charge in [0.1, 0.15) is 5.75 Å². The molecule has 3 rings (SSSR count). The van der Waals surface area contributed by atoms with Crippen molar-refractivity contribution in [2.45, 2.75) is 32.2 Å². The molecule has 0 bridgehead atoms. The molecule has 0 amide bonds. The predicted molar refractivity (Wildman–Crippen MR) is 92.5 cm³/mol. The number of rotatable bonds is 5. The quantitative estimate of drug-likeness (QED) is 0.801. The fourth-order valence-corrected chi connectivity index (χ4v) is 4.54. The number of ether oxygens (including phenoxy) is 1. The van der Waals surface area contributed by atoms with Crippen molar-refractivity contribution in [1.82, 2.24) is 5.32 Å². The Morgan fingerprint density at radius 3 is 2.95 bits per heavy atom. The Morgan fingerprint density at radius 2 is 2.24 bits per heavy atom. The van der Waals surface area contributed by atoms with E-state index in [1.807, 2.05) is 17.4 Å². The van der Waals surface area contributed by atoms with Crippen LogP contribution in [0.4, 0.5) is 0 Å². The fourth-order valence-electron chi connectivity index (χ4n) is 2.84. The zero-order chi connectivity index (χ0) is 14.8. The molecular formula is C17H20BrNOS. The van der Waals surface area contributed by atoms with Gasteiger partial charge in [0.05, 0.1) is 12.6 Å². The summed E-state index contributed by atoms with van der Waals surface area (Å²) in [7, 11) is 0. The molecule has 2 nitrogen and oxygen atoms in total. The highest BCUT2D eigenvalue weighted by atomic mass is 79.9. The largest absolute Gasteiger partial charge is 0.493 e. The maximum atomic E-state index is 5.88. The summed E-state index contributed by atoms with van der Waals surface area (Å²) in [5, 5.41) is 3.72. The molecule has 2 aromatic rings. The zero-order valence-electron chi connectivity index (χ0n) is 12.4. The Morgan fingerprint density at radius 1 is 1.43 bits per heavy atom. The molecule has 21 heavy (non-hydrogen) atoms. The number of hydrogen-bond acceptors (Lipinski definition) is 3. The van der Waals surface area contributed by atoms with Gasteiger partial charge < -0.3 is 10.1 Å². The van der Waals surface area contributed by atoms with Gasteiger partial charge in [-0.2, -0.15) is 0 Å². The number of thiophene rings is 1. The molecule has 112 valence electrons. The van der Waals surface area contributed by atoms with Crippen molar-refractivity contribution < 1.29 is 4.74 Å². The van der Waals surface area contributed by atoms with Crippen LogP contribution in [-0.4, -0.2) is 13.2 Å². The van der Waals surface area contributed by atoms with Gasteiger partial charge in [-0.1, -0.05) is 25.1 Å². The predicted octanol–water partition coefficient (Wildman–Crippen LogP) is 5.04. The SMILES string of the molecule is CCCNC(c1cc(Br)c(C)s1)C1COc2ccccc21. The van der Waals surface area contributed by atoms with E-state index in [1.54, 1.807) is 0 Å². The van der Waals surface area contributed by atoms with E-state index in [4.69, 9.17) is 4.74 Å². The summed E-state index contributed by atoms with van der Waals surface area (Å²) >= 11 is 5.51. The van der Waals surface area contributed by atoms with Crippen molar-refractivity contribution >= 4 is 27.3 Å². The molecular weight excluding hydrogens is 346 g/mol. The number of fused-ring (bicyclic) bond motifs is 1. The summed E-state index contributed by atoms with van der Waals surface area (Å²) in [6, 6.07) is 11.0. The Hall–Kier alpha value is -0.840. The van der Waals surface area contributed by atoms with Crippen LogP contribution in [0.3, 0.4) is 0 Å². The third-order valence-electron chi connectivity index (χ3n) is 3.94. The van der Waals surface area contributed by atoms with E-state index in [1.165, 1.54) is 19.8 Å². The van der Waals surface area contributed by atoms with Crippen molar-refractivity contribution in [3.8, 4) is 5.75 Å². The molecule has 1 aliphatic rings. The highest BCUT2D eigenvalue weighted by molar-refractivity contribution is 9.10. The van der Waals surface area contributed by atoms with Crippen molar-refractivity contribution in [3.05, 3.63) is 50.1 Å². The standard InChI is InChI=1S/C17H20BrNOS/c1-3-8-19-17(16-9-14(18)11(2)21-16)13-10-20-15-7-5-4-6-12(13)15/h4-7,9,13,17,19H,3,8,10H2,1-2H3. The first-order valence-electron chi connectivity index (χ1n) is 7.41. The van der Waals surface area contributed by atoms with Crippen LogP contribution in [0.1, 0.15) is 40.6 Å². The molecule has 0 radical (unpaired) electrons. The normalized spacial score (nSPS) is 18.3. The van der Waals surface area contributed by atoms with Gasteiger partial charge in [0, 0.05) is 25.7 Å². The molecule has 4 heteroatoms. The van der Waals surface area contributed by atoms with Crippen LogP contribution in [0.15, 0.2) is 34.8 Å². The van der Waals surface area contributed by atoms with Gasteiger partial charge in [0.25, 0.3) is 0 Å². The first-order valence-corrected chi connectivity index (χ1v) is 9.02. The third-order valence-corrected chi connectivity index (χ3v) is 6.16. The van der Waals surface area contributed by atoms with Gasteiger partial charge in [-0.25, -0.2) is 0 Å². The molecule has 1 aromatic carbocycles. The zero-order valence-corrected chi connectivity index (χ0v) is 14.8. The number of nitrogens with one attached hydrogen (secondary N) is 1. The molecule has 0 spiro atoms. The van der Waals surface area contributed by atoms with Crippen molar-refractivity contribution in [1.29, 1.82) is 0 Å². The molecule has 2 unspecified atom stereocenters. The highest BCUT2D eigenvalue weighted by Gasteiger charge is 2.32. The summed E-state index contributed by atoms with van der Waals surface area (Å²) < 4.78 is 7.09. The second-order valence-corrected chi connectivity index (χ2v) is 7.58. The average molecular weight is 366 g/mol. The Kier molecular flexibility index (Phi) is 4.67. The van der Waals surface area contributed by atoms with Crippen LogP contribution >= 0.6 is 27.3 Å². The topological polar surface area (TPSA) is 21.3 Å². The summed E-state index contributed by atoms with van der Waals surface area (Å²) in [4.78, 5) is 2.72. The number of halogens is 1. The number of para-hydroxylation sites is 1. The minimum Gasteiger partial charge on any atom is -0.493 e. The highest BCUT2D eigenvalue weighted by Crippen LogP contribution is 2.43. The molecule has 0 saturated carbocycles. The van der Waals surface area contributed by atoms with Crippen molar-refractivity contribution in [2.24, 2.45) is 0 Å². The lowest BCUT2D eigenvalue weighted by Gasteiger charge is -2.23. The summed E-state index contributed by atoms with van der Waals surface area (Å²) in [6.07, 6.45) is 1.14. The van der Waals surface area contributed by atoms with Crippen LogP contribution in [0, 0.1) is 6.92 Å².